The highest BCUT2D eigenvalue weighted by molar-refractivity contribution is 7.83. The molecule has 0 radical (unpaired) electrons. The van der Waals surface area contributed by atoms with Crippen LogP contribution < -0.4 is 0 Å². The Hall–Kier alpha value is -0.220. The third kappa shape index (κ3) is 3.03. The van der Waals surface area contributed by atoms with Crippen molar-refractivity contribution in [1.29, 1.82) is 0 Å². The lowest BCUT2D eigenvalue weighted by molar-refractivity contribution is 0.0827. The first-order chi connectivity index (χ1) is 5.70. The Kier molecular flexibility index (Phi) is 3.88. The molecular weight excluding hydrogens is 174 g/mol. The van der Waals surface area contributed by atoms with Gasteiger partial charge in [0.1, 0.15) is 11.0 Å². The van der Waals surface area contributed by atoms with Crippen LogP contribution in [0.4, 0.5) is 0 Å². The van der Waals surface area contributed by atoms with Crippen LogP contribution >= 0.6 is 0 Å². The number of rotatable bonds is 2. The normalized spacial score (nSPS) is 24.0. The van der Waals surface area contributed by atoms with Crippen molar-refractivity contribution in [3.8, 4) is 0 Å². The zero-order valence-electron chi connectivity index (χ0n) is 7.58. The lowest BCUT2D eigenvalue weighted by atomic mass is 9.96. The number of ether oxygens (including phenoxy) is 1. The van der Waals surface area contributed by atoms with E-state index in [1.54, 1.807) is 6.26 Å². The molecule has 0 aromatic rings. The maximum Gasteiger partial charge on any atom is 0.136 e. The van der Waals surface area contributed by atoms with Crippen molar-refractivity contribution in [2.75, 3.05) is 19.5 Å². The van der Waals surface area contributed by atoms with Crippen molar-refractivity contribution in [2.45, 2.75) is 19.8 Å². The van der Waals surface area contributed by atoms with Gasteiger partial charge >= 0.3 is 0 Å². The molecule has 1 heterocycles. The zero-order valence-corrected chi connectivity index (χ0v) is 8.39. The predicted octanol–water partition coefficient (Wildman–Crippen LogP) is 1.17. The van der Waals surface area contributed by atoms with Gasteiger partial charge in [0.2, 0.25) is 0 Å². The second kappa shape index (κ2) is 4.72. The van der Waals surface area contributed by atoms with Crippen molar-refractivity contribution in [1.82, 2.24) is 0 Å². The molecule has 0 aliphatic carbocycles. The Bertz CT molecular complexity index is 197. The third-order valence-corrected chi connectivity index (χ3v) is 2.63. The van der Waals surface area contributed by atoms with E-state index in [2.05, 4.69) is 4.40 Å². The summed E-state index contributed by atoms with van der Waals surface area (Å²) in [4.78, 5) is 0. The summed E-state index contributed by atoms with van der Waals surface area (Å²) in [6.07, 6.45) is 3.64. The first-order valence-corrected chi connectivity index (χ1v) is 5.68. The standard InChI is InChI=1S/C8H15NO2S/c1-7(9-12(2)10)8-3-5-11-6-4-8/h8H,3-6H2,1-2H3/t12-/m0/s1. The van der Waals surface area contributed by atoms with Crippen LogP contribution in [0.3, 0.4) is 0 Å². The van der Waals surface area contributed by atoms with Crippen molar-refractivity contribution < 1.29 is 8.95 Å². The first kappa shape index (κ1) is 9.86. The van der Waals surface area contributed by atoms with E-state index in [0.717, 1.165) is 31.8 Å². The van der Waals surface area contributed by atoms with Crippen LogP contribution in [0, 0.1) is 5.92 Å². The monoisotopic (exact) mass is 189 g/mol. The minimum Gasteiger partial charge on any atom is -0.381 e. The molecule has 1 aliphatic rings. The molecule has 1 aliphatic heterocycles. The fourth-order valence-electron chi connectivity index (χ4n) is 1.39. The smallest absolute Gasteiger partial charge is 0.136 e. The van der Waals surface area contributed by atoms with E-state index >= 15 is 0 Å². The summed E-state index contributed by atoms with van der Waals surface area (Å²) >= 11 is 0. The highest BCUT2D eigenvalue weighted by Crippen LogP contribution is 2.16. The highest BCUT2D eigenvalue weighted by atomic mass is 32.2. The summed E-state index contributed by atoms with van der Waals surface area (Å²) in [6, 6.07) is 0. The van der Waals surface area contributed by atoms with E-state index in [9.17, 15) is 4.21 Å². The molecule has 70 valence electrons. The van der Waals surface area contributed by atoms with Gasteiger partial charge in [-0.05, 0) is 19.8 Å². The number of hydrogen-bond donors (Lipinski definition) is 0. The molecule has 0 spiro atoms. The molecule has 0 bridgehead atoms. The fourth-order valence-corrected chi connectivity index (χ4v) is 1.95. The van der Waals surface area contributed by atoms with Gasteiger partial charge in [0.15, 0.2) is 0 Å². The van der Waals surface area contributed by atoms with Gasteiger partial charge in [0.05, 0.1) is 0 Å². The topological polar surface area (TPSA) is 38.7 Å². The summed E-state index contributed by atoms with van der Waals surface area (Å²) in [7, 11) is -1.05. The summed E-state index contributed by atoms with van der Waals surface area (Å²) in [5.41, 5.74) is 1.01. The maximum absolute atomic E-state index is 10.8. The summed E-state index contributed by atoms with van der Waals surface area (Å²) in [6.45, 7) is 3.58. The molecule has 1 rings (SSSR count). The van der Waals surface area contributed by atoms with E-state index in [1.807, 2.05) is 6.92 Å². The highest BCUT2D eigenvalue weighted by Gasteiger charge is 2.16. The summed E-state index contributed by atoms with van der Waals surface area (Å²) in [5.74, 6) is 0.489. The third-order valence-electron chi connectivity index (χ3n) is 2.08. The predicted molar refractivity (Wildman–Crippen MR) is 50.7 cm³/mol. The van der Waals surface area contributed by atoms with Crippen LogP contribution in [0.2, 0.25) is 0 Å². The molecular formula is C8H15NO2S. The Morgan fingerprint density at radius 2 is 2.08 bits per heavy atom. The van der Waals surface area contributed by atoms with Crippen LogP contribution in [0.5, 0.6) is 0 Å². The van der Waals surface area contributed by atoms with E-state index in [4.69, 9.17) is 4.74 Å². The summed E-state index contributed by atoms with van der Waals surface area (Å²) in [5, 5.41) is 0. The lowest BCUT2D eigenvalue weighted by Gasteiger charge is -2.21. The van der Waals surface area contributed by atoms with Gasteiger partial charge in [-0.15, -0.1) is 0 Å². The van der Waals surface area contributed by atoms with E-state index in [1.165, 1.54) is 0 Å². The molecule has 3 nitrogen and oxygen atoms in total. The van der Waals surface area contributed by atoms with Crippen molar-refractivity contribution in [3.63, 3.8) is 0 Å². The molecule has 0 amide bonds. The largest absolute Gasteiger partial charge is 0.381 e. The second-order valence-corrected chi connectivity index (χ2v) is 4.07. The van der Waals surface area contributed by atoms with Crippen LogP contribution in [0.25, 0.3) is 0 Å². The van der Waals surface area contributed by atoms with Gasteiger partial charge in [0.25, 0.3) is 0 Å². The fraction of sp³-hybridized carbons (Fsp3) is 0.875. The van der Waals surface area contributed by atoms with E-state index < -0.39 is 11.0 Å². The Morgan fingerprint density at radius 3 is 2.58 bits per heavy atom. The van der Waals surface area contributed by atoms with Crippen LogP contribution in [-0.4, -0.2) is 29.4 Å². The Morgan fingerprint density at radius 1 is 1.50 bits per heavy atom. The Labute approximate surface area is 75.8 Å². The van der Waals surface area contributed by atoms with Crippen LogP contribution in [-0.2, 0) is 15.7 Å². The van der Waals surface area contributed by atoms with Gasteiger partial charge in [0, 0.05) is 31.1 Å². The average molecular weight is 189 g/mol. The molecule has 0 saturated carbocycles. The number of nitrogens with zero attached hydrogens (tertiary/aromatic N) is 1. The lowest BCUT2D eigenvalue weighted by Crippen LogP contribution is -2.21. The van der Waals surface area contributed by atoms with Gasteiger partial charge in [-0.3, -0.25) is 0 Å². The van der Waals surface area contributed by atoms with Crippen molar-refractivity contribution >= 4 is 16.7 Å². The second-order valence-electron chi connectivity index (χ2n) is 3.04. The van der Waals surface area contributed by atoms with Gasteiger partial charge < -0.3 is 4.74 Å². The molecule has 0 aromatic carbocycles. The molecule has 12 heavy (non-hydrogen) atoms. The van der Waals surface area contributed by atoms with Gasteiger partial charge in [-0.2, -0.15) is 4.40 Å². The van der Waals surface area contributed by atoms with Crippen molar-refractivity contribution in [3.05, 3.63) is 0 Å². The van der Waals surface area contributed by atoms with E-state index in [0.29, 0.717) is 5.92 Å². The quantitative estimate of drug-likeness (QED) is 0.612. The van der Waals surface area contributed by atoms with Crippen molar-refractivity contribution in [2.24, 2.45) is 10.3 Å². The minimum absolute atomic E-state index is 0.489. The minimum atomic E-state index is -1.05. The van der Waals surface area contributed by atoms with E-state index in [-0.39, 0.29) is 0 Å². The molecule has 1 saturated heterocycles. The van der Waals surface area contributed by atoms with Gasteiger partial charge in [-0.25, -0.2) is 4.21 Å². The molecule has 1 fully saturated rings. The first-order valence-electron chi connectivity index (χ1n) is 4.16. The molecule has 1 atom stereocenters. The molecule has 0 N–H and O–H groups in total. The SMILES string of the molecule is CC(=N[S@](C)=O)C1CCOCC1. The molecule has 0 unspecified atom stereocenters. The Balaban J connectivity index is 2.49. The van der Waals surface area contributed by atoms with Gasteiger partial charge in [-0.1, -0.05) is 0 Å². The van der Waals surface area contributed by atoms with Crippen LogP contribution in [0.1, 0.15) is 19.8 Å². The maximum atomic E-state index is 10.8. The zero-order chi connectivity index (χ0) is 8.97. The van der Waals surface area contributed by atoms with Crippen LogP contribution in [0.15, 0.2) is 4.40 Å². The average Bonchev–Trinajstić information content (AvgIpc) is 2.05. The molecule has 0 aromatic heterocycles. The summed E-state index contributed by atoms with van der Waals surface area (Å²) < 4.78 is 20.0. The molecule has 4 heteroatoms. The number of hydrogen-bond acceptors (Lipinski definition) is 2.